The Kier molecular flexibility index (Phi) is 8.02. The van der Waals surface area contributed by atoms with Gasteiger partial charge in [-0.25, -0.2) is 4.79 Å². The van der Waals surface area contributed by atoms with E-state index in [0.29, 0.717) is 11.3 Å². The number of nitriles is 1. The summed E-state index contributed by atoms with van der Waals surface area (Å²) < 4.78 is 10.7. The van der Waals surface area contributed by atoms with E-state index in [0.717, 1.165) is 9.13 Å². The maximum atomic E-state index is 12.4. The molecule has 0 heterocycles. The van der Waals surface area contributed by atoms with E-state index >= 15 is 0 Å². The van der Waals surface area contributed by atoms with Crippen LogP contribution in [0.3, 0.4) is 0 Å². The highest BCUT2D eigenvalue weighted by Gasteiger charge is 2.14. The second-order valence-corrected chi connectivity index (χ2v) is 6.99. The number of ether oxygens (including phenoxy) is 2. The number of hydrogen-bond donors (Lipinski definition) is 1. The molecule has 2 rings (SSSR count). The fourth-order valence-corrected chi connectivity index (χ4v) is 3.03. The molecule has 28 heavy (non-hydrogen) atoms. The largest absolute Gasteiger partial charge is 0.481 e. The van der Waals surface area contributed by atoms with Gasteiger partial charge in [-0.05, 0) is 58.9 Å². The van der Waals surface area contributed by atoms with Crippen LogP contribution in [0.25, 0.3) is 6.08 Å². The van der Waals surface area contributed by atoms with Crippen molar-refractivity contribution >= 4 is 40.5 Å². The Morgan fingerprint density at radius 2 is 1.96 bits per heavy atom. The van der Waals surface area contributed by atoms with Crippen molar-refractivity contribution in [1.82, 2.24) is 5.32 Å². The average Bonchev–Trinajstić information content (AvgIpc) is 2.71. The molecule has 0 aliphatic carbocycles. The van der Waals surface area contributed by atoms with Gasteiger partial charge < -0.3 is 14.8 Å². The maximum Gasteiger partial charge on any atom is 0.343 e. The number of hydrogen-bond acceptors (Lipinski definition) is 5. The Morgan fingerprint density at radius 1 is 1.25 bits per heavy atom. The van der Waals surface area contributed by atoms with Crippen LogP contribution >= 0.6 is 22.6 Å². The summed E-state index contributed by atoms with van der Waals surface area (Å²) in [4.78, 5) is 23.6. The van der Waals surface area contributed by atoms with Gasteiger partial charge in [0.15, 0.2) is 6.61 Å². The highest BCUT2D eigenvalue weighted by molar-refractivity contribution is 14.1. The minimum Gasteiger partial charge on any atom is -0.481 e. The fraction of sp³-hybridized carbons (Fsp3) is 0.190. The molecule has 0 aliphatic rings. The van der Waals surface area contributed by atoms with Crippen molar-refractivity contribution in [2.45, 2.75) is 13.0 Å². The second-order valence-electron chi connectivity index (χ2n) is 5.83. The van der Waals surface area contributed by atoms with Crippen LogP contribution in [0.2, 0.25) is 0 Å². The molecule has 0 aromatic heterocycles. The van der Waals surface area contributed by atoms with E-state index in [1.165, 1.54) is 13.2 Å². The normalized spacial score (nSPS) is 11.9. The van der Waals surface area contributed by atoms with Crippen molar-refractivity contribution < 1.29 is 19.1 Å². The predicted octanol–water partition coefficient (Wildman–Crippen LogP) is 3.63. The van der Waals surface area contributed by atoms with Crippen LogP contribution in [0, 0.1) is 14.9 Å². The van der Waals surface area contributed by atoms with Gasteiger partial charge in [0.2, 0.25) is 0 Å². The van der Waals surface area contributed by atoms with Gasteiger partial charge in [0.25, 0.3) is 5.91 Å². The zero-order valence-corrected chi connectivity index (χ0v) is 17.6. The molecule has 0 aliphatic heterocycles. The van der Waals surface area contributed by atoms with E-state index in [1.54, 1.807) is 18.2 Å². The van der Waals surface area contributed by atoms with Gasteiger partial charge in [-0.15, -0.1) is 0 Å². The molecule has 0 saturated carbocycles. The lowest BCUT2D eigenvalue weighted by Gasteiger charge is -2.14. The van der Waals surface area contributed by atoms with E-state index in [9.17, 15) is 14.9 Å². The van der Waals surface area contributed by atoms with Gasteiger partial charge in [-0.1, -0.05) is 36.4 Å². The summed E-state index contributed by atoms with van der Waals surface area (Å²) in [6.07, 6.45) is 1.51. The molecule has 144 valence electrons. The molecule has 2 aromatic carbocycles. The molecular formula is C21H19IN2O4. The Labute approximate surface area is 177 Å². The number of carbonyl (C=O) groups is 2. The Hall–Kier alpha value is -2.86. The van der Waals surface area contributed by atoms with Crippen LogP contribution in [0.4, 0.5) is 0 Å². The number of benzene rings is 2. The summed E-state index contributed by atoms with van der Waals surface area (Å²) in [5, 5.41) is 12.2. The van der Waals surface area contributed by atoms with Crippen LogP contribution in [0.5, 0.6) is 5.75 Å². The van der Waals surface area contributed by atoms with E-state index < -0.39 is 11.9 Å². The molecule has 1 atom stereocenters. The topological polar surface area (TPSA) is 88.4 Å². The number of rotatable bonds is 7. The number of halogens is 1. The van der Waals surface area contributed by atoms with Gasteiger partial charge in [-0.2, -0.15) is 5.26 Å². The molecule has 1 N–H and O–H groups in total. The first-order valence-corrected chi connectivity index (χ1v) is 9.49. The quantitative estimate of drug-likeness (QED) is 0.277. The third kappa shape index (κ3) is 6.09. The van der Waals surface area contributed by atoms with E-state index in [4.69, 9.17) is 4.74 Å². The number of nitrogens with one attached hydrogen (secondary N) is 1. The Bertz CT molecular complexity index is 920. The number of carbonyl (C=O) groups excluding carboxylic acids is 2. The minimum absolute atomic E-state index is 0.00168. The predicted molar refractivity (Wildman–Crippen MR) is 113 cm³/mol. The number of esters is 1. The van der Waals surface area contributed by atoms with Crippen molar-refractivity contribution in [3.63, 3.8) is 0 Å². The summed E-state index contributed by atoms with van der Waals surface area (Å²) >= 11 is 2.06. The number of methoxy groups -OCH3 is 1. The summed E-state index contributed by atoms with van der Waals surface area (Å²) in [6, 6.07) is 16.4. The fourth-order valence-electron chi connectivity index (χ4n) is 2.33. The molecule has 0 spiro atoms. The Balaban J connectivity index is 2.10. The summed E-state index contributed by atoms with van der Waals surface area (Å²) in [5.41, 5.74) is 1.63. The molecule has 6 nitrogen and oxygen atoms in total. The monoisotopic (exact) mass is 490 g/mol. The zero-order chi connectivity index (χ0) is 20.5. The summed E-state index contributed by atoms with van der Waals surface area (Å²) in [7, 11) is 1.29. The minimum atomic E-state index is -0.476. The summed E-state index contributed by atoms with van der Waals surface area (Å²) in [6.45, 7) is 1.67. The van der Waals surface area contributed by atoms with Gasteiger partial charge in [0.1, 0.15) is 17.4 Å². The lowest BCUT2D eigenvalue weighted by Crippen LogP contribution is -2.27. The Morgan fingerprint density at radius 3 is 2.57 bits per heavy atom. The van der Waals surface area contributed by atoms with Crippen LogP contribution in [0.15, 0.2) is 54.1 Å². The van der Waals surface area contributed by atoms with Gasteiger partial charge in [0, 0.05) is 0 Å². The molecule has 1 amide bonds. The third-order valence-corrected chi connectivity index (χ3v) is 4.70. The first-order valence-electron chi connectivity index (χ1n) is 8.41. The van der Waals surface area contributed by atoms with Gasteiger partial charge in [0.05, 0.1) is 16.7 Å². The number of nitrogens with zero attached hydrogens (tertiary/aromatic N) is 1. The lowest BCUT2D eigenvalue weighted by atomic mass is 10.1. The summed E-state index contributed by atoms with van der Waals surface area (Å²) in [5.74, 6) is -0.403. The smallest absolute Gasteiger partial charge is 0.343 e. The maximum absolute atomic E-state index is 12.4. The van der Waals surface area contributed by atoms with Crippen LogP contribution in [-0.2, 0) is 14.3 Å². The SMILES string of the molecule is COC(=O)COc1ccc(/C=C(/C#N)C(=O)N[C@@H](C)c2ccccc2)cc1I. The lowest BCUT2D eigenvalue weighted by molar-refractivity contribution is -0.142. The molecule has 0 radical (unpaired) electrons. The second kappa shape index (κ2) is 10.5. The molecule has 0 bridgehead atoms. The third-order valence-electron chi connectivity index (χ3n) is 3.85. The molecule has 0 unspecified atom stereocenters. The first kappa shape index (κ1) is 21.4. The molecule has 0 fully saturated rings. The molecule has 7 heteroatoms. The van der Waals surface area contributed by atoms with Crippen molar-refractivity contribution in [3.05, 3.63) is 68.8 Å². The molecular weight excluding hydrogens is 471 g/mol. The van der Waals surface area contributed by atoms with E-state index in [-0.39, 0.29) is 18.2 Å². The van der Waals surface area contributed by atoms with Crippen molar-refractivity contribution in [2.24, 2.45) is 0 Å². The average molecular weight is 490 g/mol. The molecule has 2 aromatic rings. The van der Waals surface area contributed by atoms with Crippen LogP contribution < -0.4 is 10.1 Å². The number of amides is 1. The van der Waals surface area contributed by atoms with Crippen molar-refractivity contribution in [1.29, 1.82) is 5.26 Å². The van der Waals surface area contributed by atoms with Crippen LogP contribution in [0.1, 0.15) is 24.1 Å². The van der Waals surface area contributed by atoms with Gasteiger partial charge >= 0.3 is 5.97 Å². The highest BCUT2D eigenvalue weighted by atomic mass is 127. The van der Waals surface area contributed by atoms with Crippen molar-refractivity contribution in [2.75, 3.05) is 13.7 Å². The van der Waals surface area contributed by atoms with E-state index in [2.05, 4.69) is 32.6 Å². The highest BCUT2D eigenvalue weighted by Crippen LogP contribution is 2.23. The van der Waals surface area contributed by atoms with E-state index in [1.807, 2.05) is 43.3 Å². The molecule has 0 saturated heterocycles. The zero-order valence-electron chi connectivity index (χ0n) is 15.4. The standard InChI is InChI=1S/C21H19IN2O4/c1-14(16-6-4-3-5-7-16)24-21(26)17(12-23)10-15-8-9-19(18(22)11-15)28-13-20(25)27-2/h3-11,14H,13H2,1-2H3,(H,24,26)/b17-10-/t14-/m0/s1. The van der Waals surface area contributed by atoms with Crippen LogP contribution in [-0.4, -0.2) is 25.6 Å². The first-order chi connectivity index (χ1) is 13.4. The van der Waals surface area contributed by atoms with Crippen molar-refractivity contribution in [3.8, 4) is 11.8 Å². The van der Waals surface area contributed by atoms with Gasteiger partial charge in [-0.3, -0.25) is 4.79 Å².